The molecule has 7 heteroatoms. The summed E-state index contributed by atoms with van der Waals surface area (Å²) in [5, 5.41) is 2.38. The zero-order valence-corrected chi connectivity index (χ0v) is 15.0. The summed E-state index contributed by atoms with van der Waals surface area (Å²) in [6.07, 6.45) is 6.28. The highest BCUT2D eigenvalue weighted by atomic mass is 35.5. The molecule has 0 saturated carbocycles. The van der Waals surface area contributed by atoms with Gasteiger partial charge in [0.05, 0.1) is 0 Å². The summed E-state index contributed by atoms with van der Waals surface area (Å²) in [6.45, 7) is 2.78. The third-order valence-corrected chi connectivity index (χ3v) is 4.51. The van der Waals surface area contributed by atoms with Crippen molar-refractivity contribution >= 4 is 42.5 Å². The second kappa shape index (κ2) is 7.47. The monoisotopic (exact) mass is 367 g/mol. The molecule has 4 rings (SSSR count). The SMILES string of the molecule is Cl.Cl.NC1=NC2=c3ccccc3=CCCN2C(N2CC[C@@H](N)C2)=C1. The van der Waals surface area contributed by atoms with Crippen molar-refractivity contribution in [3.63, 3.8) is 0 Å². The van der Waals surface area contributed by atoms with Gasteiger partial charge in [-0.15, -0.1) is 24.8 Å². The molecule has 1 aromatic carbocycles. The molecule has 0 amide bonds. The van der Waals surface area contributed by atoms with E-state index in [1.165, 1.54) is 5.22 Å². The number of likely N-dealkylation sites (tertiary alicyclic amines) is 1. The number of halogens is 2. The molecule has 0 aliphatic carbocycles. The number of aliphatic imine (C=N–C) groups is 1. The number of hydrogen-bond acceptors (Lipinski definition) is 5. The molecule has 0 unspecified atom stereocenters. The van der Waals surface area contributed by atoms with E-state index >= 15 is 0 Å². The van der Waals surface area contributed by atoms with Crippen molar-refractivity contribution < 1.29 is 0 Å². The van der Waals surface area contributed by atoms with Gasteiger partial charge in [0.15, 0.2) is 0 Å². The Morgan fingerprint density at radius 1 is 1.12 bits per heavy atom. The van der Waals surface area contributed by atoms with Gasteiger partial charge in [0.1, 0.15) is 17.5 Å². The minimum Gasteiger partial charge on any atom is -0.384 e. The van der Waals surface area contributed by atoms with Crippen LogP contribution in [0.2, 0.25) is 0 Å². The number of nitrogens with zero attached hydrogens (tertiary/aromatic N) is 3. The lowest BCUT2D eigenvalue weighted by Crippen LogP contribution is -2.41. The predicted octanol–water partition coefficient (Wildman–Crippen LogP) is 0.327. The first kappa shape index (κ1) is 18.6. The maximum Gasteiger partial charge on any atom is 0.144 e. The summed E-state index contributed by atoms with van der Waals surface area (Å²) in [4.78, 5) is 9.25. The van der Waals surface area contributed by atoms with Crippen molar-refractivity contribution in [2.75, 3.05) is 19.6 Å². The predicted molar refractivity (Wildman–Crippen MR) is 103 cm³/mol. The lowest BCUT2D eigenvalue weighted by molar-refractivity contribution is 0.297. The fraction of sp³-hybridized carbons (Fsp3) is 0.353. The van der Waals surface area contributed by atoms with Crippen molar-refractivity contribution in [1.29, 1.82) is 0 Å². The molecular formula is C17H23Cl2N5. The van der Waals surface area contributed by atoms with Gasteiger partial charge in [0.25, 0.3) is 0 Å². The molecule has 0 bridgehead atoms. The minimum atomic E-state index is 0. The first-order valence-corrected chi connectivity index (χ1v) is 7.86. The van der Waals surface area contributed by atoms with Crippen LogP contribution in [0.25, 0.3) is 11.9 Å². The average Bonchev–Trinajstić information content (AvgIpc) is 2.86. The van der Waals surface area contributed by atoms with Crippen molar-refractivity contribution in [3.05, 3.63) is 46.6 Å². The quantitative estimate of drug-likeness (QED) is 0.750. The molecule has 3 aliphatic heterocycles. The van der Waals surface area contributed by atoms with Crippen LogP contribution < -0.4 is 21.9 Å². The highest BCUT2D eigenvalue weighted by molar-refractivity contribution is 5.96. The number of nitrogens with two attached hydrogens (primary N) is 2. The third kappa shape index (κ3) is 3.24. The van der Waals surface area contributed by atoms with Crippen molar-refractivity contribution in [1.82, 2.24) is 9.80 Å². The topological polar surface area (TPSA) is 70.9 Å². The summed E-state index contributed by atoms with van der Waals surface area (Å²) in [6, 6.07) is 8.63. The normalized spacial score (nSPS) is 22.0. The Hall–Kier alpha value is -1.69. The first-order valence-electron chi connectivity index (χ1n) is 7.86. The molecule has 0 aromatic heterocycles. The summed E-state index contributed by atoms with van der Waals surface area (Å²) in [5.41, 5.74) is 12.2. The molecule has 1 saturated heterocycles. The molecular weight excluding hydrogens is 345 g/mol. The average molecular weight is 368 g/mol. The lowest BCUT2D eigenvalue weighted by Gasteiger charge is -2.35. The fourth-order valence-electron chi connectivity index (χ4n) is 3.44. The molecule has 3 heterocycles. The smallest absolute Gasteiger partial charge is 0.144 e. The van der Waals surface area contributed by atoms with Gasteiger partial charge in [-0.05, 0) is 18.1 Å². The van der Waals surface area contributed by atoms with E-state index < -0.39 is 0 Å². The van der Waals surface area contributed by atoms with Crippen LogP contribution in [0.15, 0.2) is 41.2 Å². The largest absolute Gasteiger partial charge is 0.384 e. The van der Waals surface area contributed by atoms with E-state index in [0.717, 1.165) is 49.3 Å². The van der Waals surface area contributed by atoms with Gasteiger partial charge in [0.2, 0.25) is 0 Å². The van der Waals surface area contributed by atoms with E-state index in [1.54, 1.807) is 0 Å². The van der Waals surface area contributed by atoms with E-state index in [4.69, 9.17) is 11.5 Å². The Morgan fingerprint density at radius 2 is 1.92 bits per heavy atom. The number of rotatable bonds is 1. The molecule has 1 fully saturated rings. The van der Waals surface area contributed by atoms with Crippen LogP contribution in [-0.2, 0) is 0 Å². The van der Waals surface area contributed by atoms with Crippen LogP contribution in [0.5, 0.6) is 0 Å². The highest BCUT2D eigenvalue weighted by Gasteiger charge is 2.29. The van der Waals surface area contributed by atoms with Gasteiger partial charge in [-0.25, -0.2) is 4.99 Å². The Kier molecular flexibility index (Phi) is 5.80. The Labute approximate surface area is 154 Å². The van der Waals surface area contributed by atoms with E-state index in [1.807, 2.05) is 6.08 Å². The van der Waals surface area contributed by atoms with Crippen LogP contribution in [0.4, 0.5) is 0 Å². The maximum atomic E-state index is 6.10. The van der Waals surface area contributed by atoms with E-state index in [2.05, 4.69) is 45.1 Å². The van der Waals surface area contributed by atoms with E-state index in [9.17, 15) is 0 Å². The van der Waals surface area contributed by atoms with Crippen molar-refractivity contribution in [2.24, 2.45) is 16.5 Å². The van der Waals surface area contributed by atoms with E-state index in [-0.39, 0.29) is 30.9 Å². The second-order valence-corrected chi connectivity index (χ2v) is 6.09. The van der Waals surface area contributed by atoms with Crippen molar-refractivity contribution in [2.45, 2.75) is 18.9 Å². The van der Waals surface area contributed by atoms with Crippen LogP contribution in [-0.4, -0.2) is 41.3 Å². The van der Waals surface area contributed by atoms with Crippen molar-refractivity contribution in [3.8, 4) is 0 Å². The lowest BCUT2D eigenvalue weighted by atomic mass is 10.2. The van der Waals surface area contributed by atoms with Crippen LogP contribution in [0, 0.1) is 0 Å². The van der Waals surface area contributed by atoms with Gasteiger partial charge >= 0.3 is 0 Å². The molecule has 1 aromatic rings. The van der Waals surface area contributed by atoms with Gasteiger partial charge in [-0.1, -0.05) is 30.3 Å². The molecule has 130 valence electrons. The fourth-order valence-corrected chi connectivity index (χ4v) is 3.44. The Balaban J connectivity index is 0.00000104. The molecule has 0 spiro atoms. The van der Waals surface area contributed by atoms with Crippen LogP contribution >= 0.6 is 24.8 Å². The maximum absolute atomic E-state index is 6.10. The summed E-state index contributed by atoms with van der Waals surface area (Å²) in [5.74, 6) is 2.67. The number of benzene rings is 1. The standard InChI is InChI=1S/C17H21N5.2ClH/c18-13-7-9-21(11-13)16-10-15(19)20-17-14-6-2-1-4-12(14)5-3-8-22(16)17;;/h1-2,4-6,10,13H,3,7-9,11,18H2,(H2,19,20);2*1H/t13-;;/m1../s1. The molecule has 4 N–H and O–H groups in total. The number of amidine groups is 1. The third-order valence-electron chi connectivity index (χ3n) is 4.51. The molecule has 24 heavy (non-hydrogen) atoms. The van der Waals surface area contributed by atoms with Crippen LogP contribution in [0.1, 0.15) is 12.8 Å². The van der Waals surface area contributed by atoms with Gasteiger partial charge in [-0.2, -0.15) is 0 Å². The highest BCUT2D eigenvalue weighted by Crippen LogP contribution is 2.26. The summed E-state index contributed by atoms with van der Waals surface area (Å²) < 4.78 is 0. The molecule has 1 atom stereocenters. The zero-order valence-electron chi connectivity index (χ0n) is 13.4. The summed E-state index contributed by atoms with van der Waals surface area (Å²) in [7, 11) is 0. The van der Waals surface area contributed by atoms with Gasteiger partial charge in [0, 0.05) is 37.0 Å². The molecule has 5 nitrogen and oxygen atoms in total. The minimum absolute atomic E-state index is 0. The van der Waals surface area contributed by atoms with E-state index in [0.29, 0.717) is 5.84 Å². The molecule has 0 radical (unpaired) electrons. The second-order valence-electron chi connectivity index (χ2n) is 6.09. The van der Waals surface area contributed by atoms with Crippen LogP contribution in [0.3, 0.4) is 0 Å². The zero-order chi connectivity index (χ0) is 15.1. The van der Waals surface area contributed by atoms with Gasteiger partial charge < -0.3 is 21.3 Å². The Morgan fingerprint density at radius 3 is 2.67 bits per heavy atom. The first-order chi connectivity index (χ1) is 10.7. The Bertz CT molecular complexity index is 786. The summed E-state index contributed by atoms with van der Waals surface area (Å²) >= 11 is 0. The number of hydrogen-bond donors (Lipinski definition) is 2. The number of fused-ring (bicyclic) bond motifs is 2. The van der Waals surface area contributed by atoms with Gasteiger partial charge in [-0.3, -0.25) is 0 Å². The molecule has 3 aliphatic rings.